The number of hydrogen-bond acceptors (Lipinski definition) is 5. The van der Waals surface area contributed by atoms with Crippen molar-refractivity contribution in [2.24, 2.45) is 0 Å². The van der Waals surface area contributed by atoms with E-state index in [0.29, 0.717) is 39.5 Å². The fourth-order valence-electron chi connectivity index (χ4n) is 2.61. The number of aryl methyl sites for hydroxylation is 1. The Balaban J connectivity index is 1.81. The fourth-order valence-corrected chi connectivity index (χ4v) is 2.61. The predicted octanol–water partition coefficient (Wildman–Crippen LogP) is 5.09. The van der Waals surface area contributed by atoms with Crippen molar-refractivity contribution < 1.29 is 23.7 Å². The SMILES string of the molecule is CCCCCCOCCOCCOC(=O)CCCCCOc1ccc(C)cc1. The average Bonchev–Trinajstić information content (AvgIpc) is 2.70. The minimum Gasteiger partial charge on any atom is -0.494 e. The zero-order valence-corrected chi connectivity index (χ0v) is 17.8. The van der Waals surface area contributed by atoms with Crippen molar-refractivity contribution in [1.82, 2.24) is 0 Å². The molecule has 5 nitrogen and oxygen atoms in total. The molecule has 0 N–H and O–H groups in total. The third-order valence-corrected chi connectivity index (χ3v) is 4.32. The van der Waals surface area contributed by atoms with Gasteiger partial charge in [0.25, 0.3) is 0 Å². The smallest absolute Gasteiger partial charge is 0.305 e. The molecule has 1 aromatic rings. The Bertz CT molecular complexity index is 486. The van der Waals surface area contributed by atoms with Crippen LogP contribution in [0.5, 0.6) is 5.75 Å². The van der Waals surface area contributed by atoms with E-state index >= 15 is 0 Å². The molecule has 0 saturated carbocycles. The van der Waals surface area contributed by atoms with Crippen LogP contribution in [0.4, 0.5) is 0 Å². The van der Waals surface area contributed by atoms with Gasteiger partial charge in [-0.25, -0.2) is 0 Å². The lowest BCUT2D eigenvalue weighted by atomic mass is 10.2. The van der Waals surface area contributed by atoms with E-state index in [4.69, 9.17) is 18.9 Å². The van der Waals surface area contributed by atoms with Gasteiger partial charge in [0.05, 0.1) is 26.4 Å². The number of ether oxygens (including phenoxy) is 4. The van der Waals surface area contributed by atoms with Gasteiger partial charge in [-0.05, 0) is 44.7 Å². The maximum absolute atomic E-state index is 11.7. The van der Waals surface area contributed by atoms with Crippen molar-refractivity contribution in [3.8, 4) is 5.75 Å². The summed E-state index contributed by atoms with van der Waals surface area (Å²) in [6, 6.07) is 8.04. The molecule has 0 aliphatic rings. The summed E-state index contributed by atoms with van der Waals surface area (Å²) >= 11 is 0. The molecule has 0 heterocycles. The molecule has 0 amide bonds. The van der Waals surface area contributed by atoms with E-state index in [9.17, 15) is 4.79 Å². The summed E-state index contributed by atoms with van der Waals surface area (Å²) in [6.07, 6.45) is 8.01. The van der Waals surface area contributed by atoms with Gasteiger partial charge in [0.1, 0.15) is 12.4 Å². The van der Waals surface area contributed by atoms with Crippen LogP contribution in [0.1, 0.15) is 63.9 Å². The maximum atomic E-state index is 11.7. The van der Waals surface area contributed by atoms with Crippen LogP contribution in [-0.4, -0.2) is 45.6 Å². The summed E-state index contributed by atoms with van der Waals surface area (Å²) in [7, 11) is 0. The molecule has 0 radical (unpaired) electrons. The summed E-state index contributed by atoms with van der Waals surface area (Å²) < 4.78 is 21.7. The van der Waals surface area contributed by atoms with Gasteiger partial charge < -0.3 is 18.9 Å². The Morgan fingerprint density at radius 2 is 1.39 bits per heavy atom. The molecule has 1 aromatic carbocycles. The zero-order chi connectivity index (χ0) is 20.3. The van der Waals surface area contributed by atoms with Gasteiger partial charge in [0.15, 0.2) is 0 Å². The van der Waals surface area contributed by atoms with E-state index in [1.165, 1.54) is 24.8 Å². The third kappa shape index (κ3) is 14.5. The van der Waals surface area contributed by atoms with Gasteiger partial charge in [-0.1, -0.05) is 43.9 Å². The molecule has 0 atom stereocenters. The highest BCUT2D eigenvalue weighted by Crippen LogP contribution is 2.12. The average molecular weight is 395 g/mol. The zero-order valence-electron chi connectivity index (χ0n) is 17.8. The van der Waals surface area contributed by atoms with Crippen molar-refractivity contribution in [2.45, 2.75) is 65.2 Å². The number of carbonyl (C=O) groups excluding carboxylic acids is 1. The molecule has 0 saturated heterocycles. The van der Waals surface area contributed by atoms with Crippen LogP contribution in [-0.2, 0) is 19.0 Å². The largest absolute Gasteiger partial charge is 0.494 e. The molecule has 1 rings (SSSR count). The van der Waals surface area contributed by atoms with Gasteiger partial charge in [-0.2, -0.15) is 0 Å². The van der Waals surface area contributed by atoms with Crippen LogP contribution in [0.25, 0.3) is 0 Å². The summed E-state index contributed by atoms with van der Waals surface area (Å²) in [5.74, 6) is 0.738. The van der Waals surface area contributed by atoms with Crippen molar-refractivity contribution in [1.29, 1.82) is 0 Å². The second-order valence-corrected chi connectivity index (χ2v) is 6.98. The van der Waals surface area contributed by atoms with Gasteiger partial charge >= 0.3 is 5.97 Å². The minimum atomic E-state index is -0.157. The normalized spacial score (nSPS) is 10.8. The highest BCUT2D eigenvalue weighted by molar-refractivity contribution is 5.69. The Labute approximate surface area is 170 Å². The first-order chi connectivity index (χ1) is 13.7. The number of hydrogen-bond donors (Lipinski definition) is 0. The van der Waals surface area contributed by atoms with Gasteiger partial charge in [-0.3, -0.25) is 4.79 Å². The molecule has 160 valence electrons. The molecule has 0 fully saturated rings. The molecule has 0 aliphatic heterocycles. The lowest BCUT2D eigenvalue weighted by Crippen LogP contribution is -2.13. The van der Waals surface area contributed by atoms with E-state index in [1.54, 1.807) is 0 Å². The van der Waals surface area contributed by atoms with Crippen molar-refractivity contribution >= 4 is 5.97 Å². The highest BCUT2D eigenvalue weighted by Gasteiger charge is 2.03. The van der Waals surface area contributed by atoms with E-state index in [-0.39, 0.29) is 5.97 Å². The fraction of sp³-hybridized carbons (Fsp3) is 0.696. The first-order valence-electron chi connectivity index (χ1n) is 10.7. The Hall–Kier alpha value is -1.59. The number of unbranched alkanes of at least 4 members (excludes halogenated alkanes) is 5. The Kier molecular flexibility index (Phi) is 15.3. The van der Waals surface area contributed by atoms with Gasteiger partial charge in [-0.15, -0.1) is 0 Å². The molecule has 0 spiro atoms. The van der Waals surface area contributed by atoms with E-state index in [0.717, 1.165) is 38.0 Å². The van der Waals surface area contributed by atoms with Gasteiger partial charge in [0.2, 0.25) is 0 Å². The second kappa shape index (κ2) is 17.5. The Morgan fingerprint density at radius 1 is 0.750 bits per heavy atom. The molecule has 0 aromatic heterocycles. The topological polar surface area (TPSA) is 54.0 Å². The summed E-state index contributed by atoms with van der Waals surface area (Å²) in [4.78, 5) is 11.7. The van der Waals surface area contributed by atoms with Crippen molar-refractivity contribution in [3.63, 3.8) is 0 Å². The standard InChI is InChI=1S/C23H38O5/c1-3-4-5-8-15-25-17-18-26-19-20-28-23(24)10-7-6-9-16-27-22-13-11-21(2)12-14-22/h11-14H,3-10,15-20H2,1-2H3. The summed E-state index contributed by atoms with van der Waals surface area (Å²) in [6.45, 7) is 7.61. The maximum Gasteiger partial charge on any atom is 0.305 e. The van der Waals surface area contributed by atoms with Gasteiger partial charge in [0, 0.05) is 13.0 Å². The minimum absolute atomic E-state index is 0.157. The molecule has 0 bridgehead atoms. The van der Waals surface area contributed by atoms with E-state index in [1.807, 2.05) is 24.3 Å². The monoisotopic (exact) mass is 394 g/mol. The first-order valence-corrected chi connectivity index (χ1v) is 10.7. The number of rotatable bonds is 18. The predicted molar refractivity (Wildman–Crippen MR) is 112 cm³/mol. The van der Waals surface area contributed by atoms with Crippen LogP contribution in [0, 0.1) is 6.92 Å². The van der Waals surface area contributed by atoms with Crippen LogP contribution < -0.4 is 4.74 Å². The highest BCUT2D eigenvalue weighted by atomic mass is 16.6. The molecular formula is C23H38O5. The molecule has 28 heavy (non-hydrogen) atoms. The first kappa shape index (κ1) is 24.4. The van der Waals surface area contributed by atoms with Crippen LogP contribution in [0.3, 0.4) is 0 Å². The van der Waals surface area contributed by atoms with Crippen LogP contribution in [0.15, 0.2) is 24.3 Å². The number of benzene rings is 1. The van der Waals surface area contributed by atoms with Crippen LogP contribution in [0.2, 0.25) is 0 Å². The van der Waals surface area contributed by atoms with Crippen molar-refractivity contribution in [2.75, 3.05) is 39.6 Å². The quantitative estimate of drug-likeness (QED) is 0.256. The lowest BCUT2D eigenvalue weighted by molar-refractivity contribution is -0.145. The third-order valence-electron chi connectivity index (χ3n) is 4.32. The molecular weight excluding hydrogens is 356 g/mol. The van der Waals surface area contributed by atoms with E-state index in [2.05, 4.69) is 13.8 Å². The summed E-state index contributed by atoms with van der Waals surface area (Å²) in [5, 5.41) is 0. The molecule has 5 heteroatoms. The molecule has 0 aliphatic carbocycles. The van der Waals surface area contributed by atoms with Crippen molar-refractivity contribution in [3.05, 3.63) is 29.8 Å². The Morgan fingerprint density at radius 3 is 2.14 bits per heavy atom. The number of esters is 1. The lowest BCUT2D eigenvalue weighted by Gasteiger charge is -2.08. The van der Waals surface area contributed by atoms with E-state index < -0.39 is 0 Å². The second-order valence-electron chi connectivity index (χ2n) is 6.98. The van der Waals surface area contributed by atoms with Crippen LogP contribution >= 0.6 is 0 Å². The molecule has 0 unspecified atom stereocenters. The number of carbonyl (C=O) groups is 1. The summed E-state index contributed by atoms with van der Waals surface area (Å²) in [5.41, 5.74) is 1.22.